The number of nitrogens with two attached hydrogens (primary N) is 1. The van der Waals surface area contributed by atoms with E-state index in [1.807, 2.05) is 34.6 Å². The largest absolute Gasteiger partial charge is 0.323 e. The quantitative estimate of drug-likeness (QED) is 0.262. The predicted molar refractivity (Wildman–Crippen MR) is 76.8 cm³/mol. The molecule has 0 fully saturated rings. The van der Waals surface area contributed by atoms with Gasteiger partial charge in [0.05, 0.1) is 16.8 Å². The lowest BCUT2D eigenvalue weighted by Gasteiger charge is -2.27. The Morgan fingerprint density at radius 3 is 1.89 bits per heavy atom. The van der Waals surface area contributed by atoms with E-state index in [1.54, 1.807) is 6.92 Å². The molecular formula is C13H28N4O. The molecule has 0 amide bonds. The Kier molecular flexibility index (Phi) is 6.49. The molecule has 0 radical (unpaired) electrons. The third-order valence-corrected chi connectivity index (χ3v) is 3.47. The Labute approximate surface area is 111 Å². The number of nitrogens with zero attached hydrogens (tertiary/aromatic N) is 1. The molecule has 106 valence electrons. The van der Waals surface area contributed by atoms with Crippen molar-refractivity contribution in [2.75, 3.05) is 13.1 Å². The zero-order valence-electron chi connectivity index (χ0n) is 12.6. The van der Waals surface area contributed by atoms with Gasteiger partial charge < -0.3 is 16.5 Å². The van der Waals surface area contributed by atoms with Crippen molar-refractivity contribution in [1.82, 2.24) is 10.6 Å². The highest BCUT2D eigenvalue weighted by Crippen LogP contribution is 2.05. The highest BCUT2D eigenvalue weighted by Gasteiger charge is 2.23. The number of Topliss-reactive ketones (excluding diaryl/α,β-unsaturated/α-hetero) is 1. The molecule has 0 aromatic rings. The number of rotatable bonds is 8. The van der Waals surface area contributed by atoms with Crippen molar-refractivity contribution in [1.29, 1.82) is 0 Å². The van der Waals surface area contributed by atoms with Crippen molar-refractivity contribution >= 4 is 11.5 Å². The van der Waals surface area contributed by atoms with Crippen molar-refractivity contribution in [3.05, 3.63) is 0 Å². The topological polar surface area (TPSA) is 79.5 Å². The van der Waals surface area contributed by atoms with Gasteiger partial charge in [0.15, 0.2) is 0 Å². The maximum atomic E-state index is 11.3. The van der Waals surface area contributed by atoms with E-state index in [9.17, 15) is 4.79 Å². The van der Waals surface area contributed by atoms with Crippen LogP contribution in [0.2, 0.25) is 0 Å². The van der Waals surface area contributed by atoms with Crippen LogP contribution in [0.3, 0.4) is 0 Å². The van der Waals surface area contributed by atoms with E-state index in [-0.39, 0.29) is 11.3 Å². The standard InChI is InChI=1S/C13H28N4O/c1-10(17-14)12(3,4)15-8-7-9-16-13(5,6)11(2)18/h15-16H,7-9,14H2,1-6H3. The van der Waals surface area contributed by atoms with E-state index in [4.69, 9.17) is 5.84 Å². The molecule has 0 aromatic heterocycles. The molecule has 0 aromatic carbocycles. The monoisotopic (exact) mass is 256 g/mol. The summed E-state index contributed by atoms with van der Waals surface area (Å²) in [4.78, 5) is 11.3. The predicted octanol–water partition coefficient (Wildman–Crippen LogP) is 1.04. The van der Waals surface area contributed by atoms with Crippen LogP contribution in [0.4, 0.5) is 0 Å². The van der Waals surface area contributed by atoms with Gasteiger partial charge in [-0.05, 0) is 61.1 Å². The molecule has 0 rings (SSSR count). The van der Waals surface area contributed by atoms with Gasteiger partial charge in [0.2, 0.25) is 0 Å². The lowest BCUT2D eigenvalue weighted by Crippen LogP contribution is -2.48. The normalized spacial score (nSPS) is 13.8. The van der Waals surface area contributed by atoms with Gasteiger partial charge in [-0.3, -0.25) is 4.79 Å². The molecule has 0 saturated heterocycles. The number of carbonyl (C=O) groups excluding carboxylic acids is 1. The molecule has 4 N–H and O–H groups in total. The third-order valence-electron chi connectivity index (χ3n) is 3.47. The molecule has 0 bridgehead atoms. The van der Waals surface area contributed by atoms with Gasteiger partial charge in [-0.15, -0.1) is 0 Å². The first-order chi connectivity index (χ1) is 8.13. The Hall–Kier alpha value is -0.940. The zero-order chi connectivity index (χ0) is 14.4. The van der Waals surface area contributed by atoms with E-state index in [1.165, 1.54) is 0 Å². The smallest absolute Gasteiger partial charge is 0.149 e. The third kappa shape index (κ3) is 5.60. The molecule has 0 unspecified atom stereocenters. The highest BCUT2D eigenvalue weighted by atomic mass is 16.1. The number of hydrazone groups is 1. The van der Waals surface area contributed by atoms with Crippen molar-refractivity contribution in [2.45, 2.75) is 59.0 Å². The molecule has 0 atom stereocenters. The fourth-order valence-electron chi connectivity index (χ4n) is 1.30. The summed E-state index contributed by atoms with van der Waals surface area (Å²) in [6, 6.07) is 0. The van der Waals surface area contributed by atoms with E-state index in [2.05, 4.69) is 15.7 Å². The van der Waals surface area contributed by atoms with Crippen molar-refractivity contribution < 1.29 is 4.79 Å². The summed E-state index contributed by atoms with van der Waals surface area (Å²) in [6.07, 6.45) is 0.942. The number of hydrogen-bond acceptors (Lipinski definition) is 5. The van der Waals surface area contributed by atoms with E-state index in [0.717, 1.165) is 25.2 Å². The van der Waals surface area contributed by atoms with E-state index < -0.39 is 5.54 Å². The van der Waals surface area contributed by atoms with Gasteiger partial charge in [-0.25, -0.2) is 0 Å². The molecule has 5 heteroatoms. The summed E-state index contributed by atoms with van der Waals surface area (Å²) in [6.45, 7) is 13.1. The summed E-state index contributed by atoms with van der Waals surface area (Å²) in [5.74, 6) is 5.43. The van der Waals surface area contributed by atoms with Crippen molar-refractivity contribution in [3.63, 3.8) is 0 Å². The first-order valence-electron chi connectivity index (χ1n) is 6.39. The molecule has 0 aliphatic rings. The minimum Gasteiger partial charge on any atom is -0.323 e. The summed E-state index contributed by atoms with van der Waals surface area (Å²) in [7, 11) is 0. The van der Waals surface area contributed by atoms with Gasteiger partial charge in [-0.1, -0.05) is 0 Å². The average Bonchev–Trinajstić information content (AvgIpc) is 2.26. The molecule has 0 aliphatic heterocycles. The van der Waals surface area contributed by atoms with Crippen LogP contribution < -0.4 is 16.5 Å². The lowest BCUT2D eigenvalue weighted by molar-refractivity contribution is -0.122. The first kappa shape index (κ1) is 17.1. The maximum Gasteiger partial charge on any atom is 0.149 e. The van der Waals surface area contributed by atoms with Crippen LogP contribution >= 0.6 is 0 Å². The molecule has 0 spiro atoms. The van der Waals surface area contributed by atoms with Crippen LogP contribution in [0, 0.1) is 0 Å². The van der Waals surface area contributed by atoms with Gasteiger partial charge in [0, 0.05) is 0 Å². The first-order valence-corrected chi connectivity index (χ1v) is 6.39. The SMILES string of the molecule is CC(=O)C(C)(C)NCCCNC(C)(C)C(C)=NN. The molecule has 0 saturated carbocycles. The summed E-state index contributed by atoms with van der Waals surface area (Å²) in [5, 5.41) is 10.3. The number of carbonyl (C=O) groups is 1. The van der Waals surface area contributed by atoms with Crippen molar-refractivity contribution in [2.24, 2.45) is 10.9 Å². The van der Waals surface area contributed by atoms with Crippen LogP contribution in [-0.2, 0) is 4.79 Å². The molecule has 5 nitrogen and oxygen atoms in total. The van der Waals surface area contributed by atoms with E-state index >= 15 is 0 Å². The van der Waals surface area contributed by atoms with Crippen LogP contribution in [-0.4, -0.2) is 35.7 Å². The Morgan fingerprint density at radius 2 is 1.50 bits per heavy atom. The molecule has 0 heterocycles. The fourth-order valence-corrected chi connectivity index (χ4v) is 1.30. The van der Waals surface area contributed by atoms with Crippen molar-refractivity contribution in [3.8, 4) is 0 Å². The lowest BCUT2D eigenvalue weighted by atomic mass is 9.99. The van der Waals surface area contributed by atoms with Gasteiger partial charge in [0.1, 0.15) is 5.78 Å². The van der Waals surface area contributed by atoms with Crippen LogP contribution in [0.5, 0.6) is 0 Å². The summed E-state index contributed by atoms with van der Waals surface area (Å²) >= 11 is 0. The minimum absolute atomic E-state index is 0.155. The van der Waals surface area contributed by atoms with Crippen LogP contribution in [0.25, 0.3) is 0 Å². The summed E-state index contributed by atoms with van der Waals surface area (Å²) in [5.41, 5.74) is 0.245. The zero-order valence-corrected chi connectivity index (χ0v) is 12.6. The number of ketones is 1. The highest BCUT2D eigenvalue weighted by molar-refractivity contribution is 5.90. The average molecular weight is 256 g/mol. The molecule has 0 aliphatic carbocycles. The Balaban J connectivity index is 3.92. The molecule has 18 heavy (non-hydrogen) atoms. The number of nitrogens with one attached hydrogen (secondary N) is 2. The minimum atomic E-state index is -0.440. The second-order valence-corrected chi connectivity index (χ2v) is 5.73. The Bertz CT molecular complexity index is 308. The van der Waals surface area contributed by atoms with Gasteiger partial charge in [0.25, 0.3) is 0 Å². The maximum absolute atomic E-state index is 11.3. The Morgan fingerprint density at radius 1 is 1.06 bits per heavy atom. The molecular weight excluding hydrogens is 228 g/mol. The van der Waals surface area contributed by atoms with Crippen LogP contribution in [0.15, 0.2) is 5.10 Å². The van der Waals surface area contributed by atoms with Gasteiger partial charge in [-0.2, -0.15) is 5.10 Å². The van der Waals surface area contributed by atoms with Gasteiger partial charge >= 0.3 is 0 Å². The fraction of sp³-hybridized carbons (Fsp3) is 0.846. The summed E-state index contributed by atoms with van der Waals surface area (Å²) < 4.78 is 0. The second-order valence-electron chi connectivity index (χ2n) is 5.73. The van der Waals surface area contributed by atoms with Crippen LogP contribution in [0.1, 0.15) is 48.0 Å². The number of hydrogen-bond donors (Lipinski definition) is 3. The second kappa shape index (κ2) is 6.85. The van der Waals surface area contributed by atoms with E-state index in [0.29, 0.717) is 0 Å².